The van der Waals surface area contributed by atoms with Crippen LogP contribution in [0.3, 0.4) is 0 Å². The Bertz CT molecular complexity index is 2100. The fraction of sp³-hybridized carbons (Fsp3) is 0.263. The Labute approximate surface area is 324 Å². The Hall–Kier alpha value is -5.86. The van der Waals surface area contributed by atoms with Crippen molar-refractivity contribution >= 4 is 36.6 Å². The van der Waals surface area contributed by atoms with Crippen LogP contribution in [0.15, 0.2) is 86.0 Å². The number of aldehydes is 2. The first kappa shape index (κ1) is 42.6. The fourth-order valence-electron chi connectivity index (χ4n) is 5.00. The fourth-order valence-corrected chi connectivity index (χ4v) is 5.23. The summed E-state index contributed by atoms with van der Waals surface area (Å²) in [5, 5.41) is 17.7. The topological polar surface area (TPSA) is 169 Å². The molecule has 0 aliphatic heterocycles. The molecule has 0 aromatic carbocycles. The lowest BCUT2D eigenvalue weighted by atomic mass is 10.1. The molecule has 6 heterocycles. The Morgan fingerprint density at radius 2 is 1.22 bits per heavy atom. The molecule has 14 nitrogen and oxygen atoms in total. The van der Waals surface area contributed by atoms with Crippen molar-refractivity contribution in [2.24, 2.45) is 0 Å². The van der Waals surface area contributed by atoms with Gasteiger partial charge in [-0.15, -0.1) is 24.0 Å². The third kappa shape index (κ3) is 10.8. The van der Waals surface area contributed by atoms with Crippen molar-refractivity contribution in [2.45, 2.75) is 52.3 Å². The second-order valence-corrected chi connectivity index (χ2v) is 12.1. The number of carbonyl (C=O) groups excluding carboxylic acids is 2. The van der Waals surface area contributed by atoms with Crippen molar-refractivity contribution in [3.05, 3.63) is 108 Å². The number of pyridine rings is 4. The van der Waals surface area contributed by atoms with Gasteiger partial charge in [-0.2, -0.15) is 10.2 Å². The summed E-state index contributed by atoms with van der Waals surface area (Å²) in [5.74, 6) is 1.43. The van der Waals surface area contributed by atoms with Crippen molar-refractivity contribution in [1.29, 1.82) is 0 Å². The molecule has 6 aromatic rings. The Morgan fingerprint density at radius 3 is 1.72 bits per heavy atom. The number of aromatic nitrogens is 8. The van der Waals surface area contributed by atoms with Crippen LogP contribution in [-0.2, 0) is 12.5 Å². The van der Waals surface area contributed by atoms with Crippen LogP contribution in [0.2, 0.25) is 0 Å². The van der Waals surface area contributed by atoms with Gasteiger partial charge in [-0.3, -0.25) is 28.9 Å². The van der Waals surface area contributed by atoms with Crippen LogP contribution in [0.5, 0.6) is 23.3 Å². The summed E-state index contributed by atoms with van der Waals surface area (Å²) < 4.78 is 19.5. The quantitative estimate of drug-likeness (QED) is 0.0955. The molecular weight excluding hydrogens is 735 g/mol. The summed E-state index contributed by atoms with van der Waals surface area (Å²) in [6.45, 7) is 8.63. The molecule has 0 aliphatic carbocycles. The molecule has 6 aromatic heterocycles. The van der Waals surface area contributed by atoms with Crippen molar-refractivity contribution in [3.8, 4) is 45.8 Å². The molecule has 284 valence electrons. The van der Waals surface area contributed by atoms with Crippen molar-refractivity contribution < 1.29 is 28.9 Å². The zero-order valence-corrected chi connectivity index (χ0v) is 32.2. The number of nitrogens with zero attached hydrogens (tertiary/aromatic N) is 8. The monoisotopic (exact) mass is 776 g/mol. The molecule has 0 unspecified atom stereocenters. The van der Waals surface area contributed by atoms with Crippen LogP contribution in [-0.4, -0.2) is 71.4 Å². The molecule has 54 heavy (non-hydrogen) atoms. The standard InChI is InChI=1S/C19H20N4O3.C12H14ClN3.C7H7NO3.ClH/c1-13(2)23-17(5-7-22-23)16-9-20-6-4-14(16)12-26-18-10-21-19(25-3)8-15(18)11-24;1-9(2)16-12(4-6-15-16)11-8-14-5-3-10(11)7-13;1-11-7-2-5(4-9)6(10)3-8-7;/h4-11,13H,12H2,1-3H3;3-6,8-9H,7H2,1-2H3;2-4,10H,1H3;1H. The van der Waals surface area contributed by atoms with Crippen LogP contribution in [0.1, 0.15) is 71.6 Å². The number of aromatic hydroxyl groups is 1. The van der Waals surface area contributed by atoms with E-state index in [0.717, 1.165) is 39.9 Å². The van der Waals surface area contributed by atoms with E-state index < -0.39 is 0 Å². The molecule has 1 N–H and O–H groups in total. The number of methoxy groups -OCH3 is 2. The van der Waals surface area contributed by atoms with Gasteiger partial charge in [0.05, 0.1) is 49.1 Å². The second-order valence-electron chi connectivity index (χ2n) is 11.8. The van der Waals surface area contributed by atoms with E-state index in [1.807, 2.05) is 39.8 Å². The maximum Gasteiger partial charge on any atom is 0.213 e. The number of ether oxygens (including phenoxy) is 3. The Morgan fingerprint density at radius 1 is 0.722 bits per heavy atom. The van der Waals surface area contributed by atoms with Crippen molar-refractivity contribution in [3.63, 3.8) is 0 Å². The van der Waals surface area contributed by atoms with E-state index in [-0.39, 0.29) is 36.4 Å². The zero-order chi connectivity index (χ0) is 38.3. The molecular formula is C38H42Cl2N8O6. The summed E-state index contributed by atoms with van der Waals surface area (Å²) >= 11 is 5.92. The van der Waals surface area contributed by atoms with Crippen LogP contribution >= 0.6 is 24.0 Å². The number of carbonyl (C=O) groups is 2. The molecule has 0 fully saturated rings. The van der Waals surface area contributed by atoms with Gasteiger partial charge in [-0.25, -0.2) is 9.97 Å². The van der Waals surface area contributed by atoms with E-state index in [0.29, 0.717) is 41.3 Å². The van der Waals surface area contributed by atoms with Crippen LogP contribution in [0.4, 0.5) is 0 Å². The first-order valence-electron chi connectivity index (χ1n) is 16.4. The molecule has 0 aliphatic rings. The number of alkyl halides is 1. The summed E-state index contributed by atoms with van der Waals surface area (Å²) in [6.07, 6.45) is 14.6. The van der Waals surface area contributed by atoms with Gasteiger partial charge < -0.3 is 19.3 Å². The highest BCUT2D eigenvalue weighted by Gasteiger charge is 2.15. The van der Waals surface area contributed by atoms with Gasteiger partial charge in [-0.05, 0) is 57.5 Å². The maximum absolute atomic E-state index is 11.3. The van der Waals surface area contributed by atoms with Gasteiger partial charge in [0, 0.05) is 84.0 Å². The zero-order valence-electron chi connectivity index (χ0n) is 30.7. The predicted molar refractivity (Wildman–Crippen MR) is 207 cm³/mol. The van der Waals surface area contributed by atoms with E-state index >= 15 is 0 Å². The molecule has 16 heteroatoms. The first-order chi connectivity index (χ1) is 25.6. The van der Waals surface area contributed by atoms with Crippen LogP contribution in [0, 0.1) is 0 Å². The van der Waals surface area contributed by atoms with Crippen LogP contribution in [0.25, 0.3) is 22.5 Å². The highest BCUT2D eigenvalue weighted by Crippen LogP contribution is 2.28. The molecule has 0 saturated heterocycles. The maximum atomic E-state index is 11.3. The molecule has 0 radical (unpaired) electrons. The third-order valence-corrected chi connectivity index (χ3v) is 7.94. The largest absolute Gasteiger partial charge is 0.506 e. The van der Waals surface area contributed by atoms with E-state index in [1.165, 1.54) is 32.7 Å². The van der Waals surface area contributed by atoms with Gasteiger partial charge >= 0.3 is 0 Å². The van der Waals surface area contributed by atoms with Crippen LogP contribution < -0.4 is 14.2 Å². The number of hydrogen-bond acceptors (Lipinski definition) is 12. The lowest BCUT2D eigenvalue weighted by molar-refractivity contribution is 0.111. The molecule has 0 atom stereocenters. The lowest BCUT2D eigenvalue weighted by Gasteiger charge is -2.15. The summed E-state index contributed by atoms with van der Waals surface area (Å²) in [4.78, 5) is 37.7. The smallest absolute Gasteiger partial charge is 0.213 e. The van der Waals surface area contributed by atoms with E-state index in [4.69, 9.17) is 30.9 Å². The van der Waals surface area contributed by atoms with Gasteiger partial charge in [0.15, 0.2) is 12.6 Å². The SMILES string of the molecule is CC(C)n1nccc1-c1cnccc1CCl.COc1cc(C=O)c(O)cn1.COc1cc(C=O)c(OCc2ccncc2-c2ccnn2C(C)C)cn1.Cl. The van der Waals surface area contributed by atoms with Gasteiger partial charge in [0.1, 0.15) is 18.1 Å². The second kappa shape index (κ2) is 21.0. The number of rotatable bonds is 12. The summed E-state index contributed by atoms with van der Waals surface area (Å²) in [5.41, 5.74) is 6.62. The lowest BCUT2D eigenvalue weighted by Crippen LogP contribution is -2.07. The molecule has 6 rings (SSSR count). The average Bonchev–Trinajstić information content (AvgIpc) is 3.89. The minimum atomic E-state index is -0.138. The molecule has 0 amide bonds. The van der Waals surface area contributed by atoms with Gasteiger partial charge in [0.2, 0.25) is 11.8 Å². The highest BCUT2D eigenvalue weighted by atomic mass is 35.5. The number of halogens is 2. The van der Waals surface area contributed by atoms with Crippen molar-refractivity contribution in [1.82, 2.24) is 39.5 Å². The Balaban J connectivity index is 0.000000238. The van der Waals surface area contributed by atoms with E-state index in [9.17, 15) is 9.59 Å². The highest BCUT2D eigenvalue weighted by molar-refractivity contribution is 6.17. The van der Waals surface area contributed by atoms with Gasteiger partial charge in [0.25, 0.3) is 0 Å². The van der Waals surface area contributed by atoms with Gasteiger partial charge in [-0.1, -0.05) is 0 Å². The molecule has 0 bridgehead atoms. The average molecular weight is 778 g/mol. The summed E-state index contributed by atoms with van der Waals surface area (Å²) in [7, 11) is 2.94. The minimum Gasteiger partial charge on any atom is -0.506 e. The third-order valence-electron chi connectivity index (χ3n) is 7.65. The van der Waals surface area contributed by atoms with E-state index in [1.54, 1.807) is 37.1 Å². The first-order valence-corrected chi connectivity index (χ1v) is 17.0. The molecule has 0 saturated carbocycles. The van der Waals surface area contributed by atoms with Crippen molar-refractivity contribution in [2.75, 3.05) is 14.2 Å². The molecule has 0 spiro atoms. The number of hydrogen-bond donors (Lipinski definition) is 1. The predicted octanol–water partition coefficient (Wildman–Crippen LogP) is 7.62. The normalized spacial score (nSPS) is 10.3. The van der Waals surface area contributed by atoms with E-state index in [2.05, 4.69) is 57.8 Å². The minimum absolute atomic E-state index is 0. The summed E-state index contributed by atoms with van der Waals surface area (Å²) in [6, 6.07) is 11.2. The Kier molecular flexibility index (Phi) is 16.5.